The smallest absolute Gasteiger partial charge is 0.305 e. The third-order valence-corrected chi connectivity index (χ3v) is 5.84. The van der Waals surface area contributed by atoms with Crippen LogP contribution in [0.4, 0.5) is 0 Å². The van der Waals surface area contributed by atoms with Crippen LogP contribution in [0.15, 0.2) is 0 Å². The summed E-state index contributed by atoms with van der Waals surface area (Å²) in [5.41, 5.74) is 0. The van der Waals surface area contributed by atoms with E-state index >= 15 is 0 Å². The van der Waals surface area contributed by atoms with Gasteiger partial charge in [-0.3, -0.25) is 9.59 Å². The Morgan fingerprint density at radius 1 is 0.618 bits per heavy atom. The molecule has 2 N–H and O–H groups in total. The summed E-state index contributed by atoms with van der Waals surface area (Å²) in [5.74, 6) is -0.353. The predicted molar refractivity (Wildman–Crippen MR) is 140 cm³/mol. The zero-order valence-electron chi connectivity index (χ0n) is 22.7. The first kappa shape index (κ1) is 35.0. The molecule has 0 aliphatic rings. The van der Waals surface area contributed by atoms with Crippen molar-refractivity contribution in [2.75, 3.05) is 20.3 Å². The molecule has 0 aliphatic carbocycles. The van der Waals surface area contributed by atoms with E-state index in [9.17, 15) is 9.59 Å². The minimum atomic E-state index is -0.952. The molecule has 6 heteroatoms. The molecule has 0 rings (SSSR count). The van der Waals surface area contributed by atoms with Gasteiger partial charge in [-0.1, -0.05) is 117 Å². The van der Waals surface area contributed by atoms with E-state index < -0.39 is 6.10 Å². The molecular formula is C28H56O6. The van der Waals surface area contributed by atoms with Crippen molar-refractivity contribution in [3.63, 3.8) is 0 Å². The van der Waals surface area contributed by atoms with Crippen LogP contribution in [-0.2, 0) is 19.1 Å². The lowest BCUT2D eigenvalue weighted by molar-refractivity contribution is -0.147. The van der Waals surface area contributed by atoms with E-state index in [4.69, 9.17) is 14.9 Å². The molecule has 0 aromatic carbocycles. The van der Waals surface area contributed by atoms with Crippen LogP contribution in [0.3, 0.4) is 0 Å². The van der Waals surface area contributed by atoms with Gasteiger partial charge in [0, 0.05) is 12.8 Å². The highest BCUT2D eigenvalue weighted by molar-refractivity contribution is 5.69. The van der Waals surface area contributed by atoms with E-state index in [1.54, 1.807) is 0 Å². The summed E-state index contributed by atoms with van der Waals surface area (Å²) in [6.45, 7) is 3.99. The molecular weight excluding hydrogens is 432 g/mol. The fourth-order valence-corrected chi connectivity index (χ4v) is 3.58. The molecule has 0 radical (unpaired) electrons. The molecule has 0 aliphatic heterocycles. The van der Waals surface area contributed by atoms with Gasteiger partial charge >= 0.3 is 11.9 Å². The van der Waals surface area contributed by atoms with Crippen LogP contribution in [0, 0.1) is 0 Å². The van der Waals surface area contributed by atoms with Gasteiger partial charge in [0.15, 0.2) is 0 Å². The molecule has 0 saturated heterocycles. The van der Waals surface area contributed by atoms with Gasteiger partial charge in [-0.15, -0.1) is 0 Å². The molecule has 0 heterocycles. The van der Waals surface area contributed by atoms with Crippen LogP contribution in [-0.4, -0.2) is 48.6 Å². The lowest BCUT2D eigenvalue weighted by Crippen LogP contribution is -2.21. The molecule has 0 spiro atoms. The van der Waals surface area contributed by atoms with E-state index in [0.29, 0.717) is 12.8 Å². The first-order chi connectivity index (χ1) is 16.5. The number of hydrogen-bond donors (Lipinski definition) is 2. The highest BCUT2D eigenvalue weighted by atomic mass is 16.5. The molecule has 1 unspecified atom stereocenters. The van der Waals surface area contributed by atoms with Crippen LogP contribution < -0.4 is 0 Å². The van der Waals surface area contributed by atoms with Gasteiger partial charge in [0.05, 0.1) is 13.7 Å². The Morgan fingerprint density at radius 3 is 1.32 bits per heavy atom. The number of rotatable bonds is 23. The number of esters is 2. The molecule has 34 heavy (non-hydrogen) atoms. The van der Waals surface area contributed by atoms with Crippen molar-refractivity contribution in [3.05, 3.63) is 0 Å². The maximum atomic E-state index is 11.3. The zero-order chi connectivity index (χ0) is 25.7. The van der Waals surface area contributed by atoms with Crippen molar-refractivity contribution in [2.45, 2.75) is 148 Å². The number of carbonyl (C=O) groups excluding carboxylic acids is 2. The van der Waals surface area contributed by atoms with Crippen LogP contribution >= 0.6 is 0 Å². The van der Waals surface area contributed by atoms with Crippen molar-refractivity contribution in [3.8, 4) is 0 Å². The molecule has 0 aromatic heterocycles. The standard InChI is InChI=1S/C15H30O4.C13H26O2/c1-2-3-4-5-6-7-8-9-10-11-15(18)19-13-14(17)12-16;1-3-4-5-6-7-8-9-10-11-12-13(14)15-2/h14,16-17H,2-13H2,1H3;3-12H2,1-2H3. The molecule has 0 aromatic rings. The molecule has 0 saturated carbocycles. The predicted octanol–water partition coefficient (Wildman–Crippen LogP) is 6.88. The normalized spacial score (nSPS) is 11.4. The third kappa shape index (κ3) is 30.9. The number of aliphatic hydroxyl groups is 2. The number of ether oxygens (including phenoxy) is 2. The number of unbranched alkanes of at least 4 members (excludes halogenated alkanes) is 16. The largest absolute Gasteiger partial charge is 0.469 e. The number of hydrogen-bond acceptors (Lipinski definition) is 6. The second kappa shape index (κ2) is 29.9. The van der Waals surface area contributed by atoms with Crippen LogP contribution in [0.25, 0.3) is 0 Å². The van der Waals surface area contributed by atoms with Crippen LogP contribution in [0.1, 0.15) is 142 Å². The van der Waals surface area contributed by atoms with Crippen molar-refractivity contribution in [1.29, 1.82) is 0 Å². The topological polar surface area (TPSA) is 93.1 Å². The summed E-state index contributed by atoms with van der Waals surface area (Å²) >= 11 is 0. The minimum Gasteiger partial charge on any atom is -0.469 e. The summed E-state index contributed by atoms with van der Waals surface area (Å²) in [7, 11) is 1.45. The number of aliphatic hydroxyl groups excluding tert-OH is 2. The quantitative estimate of drug-likeness (QED) is 0.120. The Labute approximate surface area is 210 Å². The summed E-state index contributed by atoms with van der Waals surface area (Å²) in [5, 5.41) is 17.6. The van der Waals surface area contributed by atoms with E-state index in [1.807, 2.05) is 0 Å². The fourth-order valence-electron chi connectivity index (χ4n) is 3.58. The Hall–Kier alpha value is -1.14. The average Bonchev–Trinajstić information content (AvgIpc) is 2.85. The summed E-state index contributed by atoms with van der Waals surface area (Å²) < 4.78 is 9.40. The first-order valence-electron chi connectivity index (χ1n) is 14.0. The van der Waals surface area contributed by atoms with Crippen molar-refractivity contribution in [2.24, 2.45) is 0 Å². The summed E-state index contributed by atoms with van der Waals surface area (Å²) in [6, 6.07) is 0. The van der Waals surface area contributed by atoms with Gasteiger partial charge in [0.2, 0.25) is 0 Å². The number of carbonyl (C=O) groups is 2. The maximum absolute atomic E-state index is 11.3. The number of methoxy groups -OCH3 is 1. The molecule has 0 fully saturated rings. The fraction of sp³-hybridized carbons (Fsp3) is 0.929. The third-order valence-electron chi connectivity index (χ3n) is 5.84. The van der Waals surface area contributed by atoms with E-state index in [1.165, 1.54) is 103 Å². The molecule has 1 atom stereocenters. The molecule has 204 valence electrons. The minimum absolute atomic E-state index is 0.0713. The Kier molecular flexibility index (Phi) is 30.8. The summed E-state index contributed by atoms with van der Waals surface area (Å²) in [6.07, 6.45) is 22.6. The summed E-state index contributed by atoms with van der Waals surface area (Å²) in [4.78, 5) is 22.1. The molecule has 0 amide bonds. The van der Waals surface area contributed by atoms with Crippen molar-refractivity contribution in [1.82, 2.24) is 0 Å². The maximum Gasteiger partial charge on any atom is 0.305 e. The highest BCUT2D eigenvalue weighted by Gasteiger charge is 2.07. The van der Waals surface area contributed by atoms with Gasteiger partial charge in [0.25, 0.3) is 0 Å². The van der Waals surface area contributed by atoms with Gasteiger partial charge in [-0.25, -0.2) is 0 Å². The SMILES string of the molecule is CCCCCCCCCCCC(=O)OC.CCCCCCCCCCCC(=O)OCC(O)CO. The Bertz CT molecular complexity index is 427. The lowest BCUT2D eigenvalue weighted by atomic mass is 10.1. The zero-order valence-corrected chi connectivity index (χ0v) is 22.7. The lowest BCUT2D eigenvalue weighted by Gasteiger charge is -2.08. The van der Waals surface area contributed by atoms with E-state index in [2.05, 4.69) is 18.6 Å². The van der Waals surface area contributed by atoms with Crippen LogP contribution in [0.5, 0.6) is 0 Å². The Balaban J connectivity index is 0. The van der Waals surface area contributed by atoms with Crippen molar-refractivity contribution >= 4 is 11.9 Å². The molecule has 0 bridgehead atoms. The second-order valence-electron chi connectivity index (χ2n) is 9.25. The highest BCUT2D eigenvalue weighted by Crippen LogP contribution is 2.11. The van der Waals surface area contributed by atoms with Gasteiger partial charge in [-0.05, 0) is 12.8 Å². The van der Waals surface area contributed by atoms with Crippen LogP contribution in [0.2, 0.25) is 0 Å². The van der Waals surface area contributed by atoms with Gasteiger partial charge in [-0.2, -0.15) is 0 Å². The first-order valence-corrected chi connectivity index (χ1v) is 14.0. The van der Waals surface area contributed by atoms with Gasteiger partial charge in [0.1, 0.15) is 12.7 Å². The molecule has 6 nitrogen and oxygen atoms in total. The average molecular weight is 489 g/mol. The van der Waals surface area contributed by atoms with Crippen molar-refractivity contribution < 1.29 is 29.3 Å². The van der Waals surface area contributed by atoms with E-state index in [0.717, 1.165) is 19.3 Å². The van der Waals surface area contributed by atoms with E-state index in [-0.39, 0.29) is 25.2 Å². The Morgan fingerprint density at radius 2 is 0.971 bits per heavy atom. The van der Waals surface area contributed by atoms with Gasteiger partial charge < -0.3 is 19.7 Å². The second-order valence-corrected chi connectivity index (χ2v) is 9.25. The monoisotopic (exact) mass is 488 g/mol.